The number of carbonyl (C=O) groups excluding carboxylic acids is 1. The molecule has 5 rings (SSSR count). The summed E-state index contributed by atoms with van der Waals surface area (Å²) in [4.78, 5) is 17.1. The van der Waals surface area contributed by atoms with Gasteiger partial charge in [0.25, 0.3) is 0 Å². The summed E-state index contributed by atoms with van der Waals surface area (Å²) in [6.45, 7) is 8.21. The second kappa shape index (κ2) is 7.06. The number of rotatable bonds is 1. The first-order valence-corrected chi connectivity index (χ1v) is 11.3. The van der Waals surface area contributed by atoms with Gasteiger partial charge in [-0.05, 0) is 80.6 Å². The van der Waals surface area contributed by atoms with Gasteiger partial charge < -0.3 is 14.5 Å². The van der Waals surface area contributed by atoms with E-state index in [1.54, 1.807) is 0 Å². The third-order valence-corrected chi connectivity index (χ3v) is 6.96. The number of hydrogen-bond acceptors (Lipinski definition) is 3. The van der Waals surface area contributed by atoms with Crippen LogP contribution in [-0.4, -0.2) is 42.3 Å². The third kappa shape index (κ3) is 3.34. The molecule has 2 aromatic carbocycles. The number of amides is 1. The van der Waals surface area contributed by atoms with Crippen LogP contribution in [0.2, 0.25) is 10.0 Å². The van der Waals surface area contributed by atoms with Gasteiger partial charge in [-0.25, -0.2) is 4.79 Å². The highest BCUT2D eigenvalue weighted by molar-refractivity contribution is 6.35. The van der Waals surface area contributed by atoms with Gasteiger partial charge in [0.2, 0.25) is 0 Å². The quantitative estimate of drug-likeness (QED) is 0.530. The highest BCUT2D eigenvalue weighted by Gasteiger charge is 2.46. The Labute approximate surface area is 187 Å². The maximum absolute atomic E-state index is 12.7. The number of ether oxygens (including phenoxy) is 1. The molecule has 1 fully saturated rings. The van der Waals surface area contributed by atoms with Crippen molar-refractivity contribution in [3.8, 4) is 11.1 Å². The molecule has 1 saturated heterocycles. The molecule has 0 radical (unpaired) electrons. The van der Waals surface area contributed by atoms with Crippen molar-refractivity contribution < 1.29 is 9.53 Å². The van der Waals surface area contributed by atoms with Crippen LogP contribution in [0.4, 0.5) is 10.5 Å². The Morgan fingerprint density at radius 2 is 1.93 bits per heavy atom. The minimum absolute atomic E-state index is 0.215. The summed E-state index contributed by atoms with van der Waals surface area (Å²) in [5.41, 5.74) is 5.66. The van der Waals surface area contributed by atoms with E-state index in [2.05, 4.69) is 17.0 Å². The van der Waals surface area contributed by atoms with Gasteiger partial charge in [-0.2, -0.15) is 0 Å². The van der Waals surface area contributed by atoms with E-state index < -0.39 is 5.60 Å². The number of halogens is 2. The Balaban J connectivity index is 1.51. The van der Waals surface area contributed by atoms with Gasteiger partial charge >= 0.3 is 6.09 Å². The fourth-order valence-corrected chi connectivity index (χ4v) is 5.61. The molecule has 2 aromatic rings. The lowest BCUT2D eigenvalue weighted by molar-refractivity contribution is 0.0189. The van der Waals surface area contributed by atoms with Crippen LogP contribution < -0.4 is 4.90 Å². The number of benzene rings is 2. The van der Waals surface area contributed by atoms with E-state index in [-0.39, 0.29) is 6.09 Å². The molecule has 30 heavy (non-hydrogen) atoms. The second-order valence-electron chi connectivity index (χ2n) is 9.53. The lowest BCUT2D eigenvalue weighted by Gasteiger charge is -2.38. The predicted octanol–water partition coefficient (Wildman–Crippen LogP) is 6.13. The van der Waals surface area contributed by atoms with Gasteiger partial charge in [0.15, 0.2) is 0 Å². The summed E-state index contributed by atoms with van der Waals surface area (Å²) in [6, 6.07) is 10.6. The highest BCUT2D eigenvalue weighted by atomic mass is 35.5. The van der Waals surface area contributed by atoms with Crippen molar-refractivity contribution in [1.29, 1.82) is 0 Å². The molecule has 2 atom stereocenters. The number of anilines is 1. The molecule has 0 unspecified atom stereocenters. The summed E-state index contributed by atoms with van der Waals surface area (Å²) in [5, 5.41) is 1.38. The zero-order valence-electron chi connectivity index (χ0n) is 17.5. The first kappa shape index (κ1) is 20.0. The van der Waals surface area contributed by atoms with Crippen LogP contribution in [0.15, 0.2) is 30.3 Å². The third-order valence-electron chi connectivity index (χ3n) is 6.39. The fraction of sp³-hybridized carbons (Fsp3) is 0.458. The first-order chi connectivity index (χ1) is 14.2. The Bertz CT molecular complexity index is 1030. The van der Waals surface area contributed by atoms with Crippen LogP contribution in [-0.2, 0) is 11.2 Å². The average Bonchev–Trinajstić information content (AvgIpc) is 3.24. The van der Waals surface area contributed by atoms with Gasteiger partial charge in [0.1, 0.15) is 5.60 Å². The average molecular weight is 445 g/mol. The maximum Gasteiger partial charge on any atom is 0.410 e. The first-order valence-electron chi connectivity index (χ1n) is 10.6. The van der Waals surface area contributed by atoms with E-state index in [1.807, 2.05) is 43.9 Å². The van der Waals surface area contributed by atoms with E-state index in [9.17, 15) is 4.79 Å². The van der Waals surface area contributed by atoms with Gasteiger partial charge in [-0.3, -0.25) is 0 Å². The van der Waals surface area contributed by atoms with E-state index in [4.69, 9.17) is 27.9 Å². The zero-order chi connectivity index (χ0) is 21.2. The van der Waals surface area contributed by atoms with Crippen molar-refractivity contribution in [2.24, 2.45) is 0 Å². The van der Waals surface area contributed by atoms with Crippen molar-refractivity contribution in [2.75, 3.05) is 24.5 Å². The van der Waals surface area contributed by atoms with E-state index in [1.165, 1.54) is 16.8 Å². The number of nitrogens with zero attached hydrogens (tertiary/aromatic N) is 2. The Morgan fingerprint density at radius 1 is 1.13 bits per heavy atom. The Kier molecular flexibility index (Phi) is 4.71. The van der Waals surface area contributed by atoms with Crippen molar-refractivity contribution in [2.45, 2.75) is 51.2 Å². The van der Waals surface area contributed by atoms with Crippen molar-refractivity contribution >= 4 is 35.0 Å². The number of piperidine rings is 1. The van der Waals surface area contributed by atoms with Crippen molar-refractivity contribution in [3.63, 3.8) is 0 Å². The van der Waals surface area contributed by atoms with Crippen molar-refractivity contribution in [3.05, 3.63) is 51.5 Å². The van der Waals surface area contributed by atoms with E-state index in [0.717, 1.165) is 37.1 Å². The Hall–Kier alpha value is -1.91. The lowest BCUT2D eigenvalue weighted by atomic mass is 9.86. The minimum atomic E-state index is -0.483. The minimum Gasteiger partial charge on any atom is -0.444 e. The lowest BCUT2D eigenvalue weighted by Crippen LogP contribution is -2.49. The van der Waals surface area contributed by atoms with Gasteiger partial charge in [-0.1, -0.05) is 23.2 Å². The molecule has 0 aromatic heterocycles. The highest BCUT2D eigenvalue weighted by Crippen LogP contribution is 2.51. The molecule has 0 saturated carbocycles. The summed E-state index contributed by atoms with van der Waals surface area (Å²) in [6.07, 6.45) is 1.80. The van der Waals surface area contributed by atoms with Gasteiger partial charge in [0, 0.05) is 52.9 Å². The summed E-state index contributed by atoms with van der Waals surface area (Å²) in [7, 11) is 0. The van der Waals surface area contributed by atoms with Crippen molar-refractivity contribution in [1.82, 2.24) is 4.90 Å². The van der Waals surface area contributed by atoms with E-state index in [0.29, 0.717) is 28.5 Å². The molecule has 0 N–H and O–H groups in total. The largest absolute Gasteiger partial charge is 0.444 e. The molecular formula is C24H26Cl2N2O2. The van der Waals surface area contributed by atoms with Crippen LogP contribution in [0.5, 0.6) is 0 Å². The molecular weight excluding hydrogens is 419 g/mol. The van der Waals surface area contributed by atoms with Crippen LogP contribution in [0, 0.1) is 0 Å². The number of hydrogen-bond donors (Lipinski definition) is 0. The maximum atomic E-state index is 12.7. The number of fused-ring (bicyclic) bond motifs is 3. The normalized spacial score (nSPS) is 22.2. The van der Waals surface area contributed by atoms with Gasteiger partial charge in [0.05, 0.1) is 0 Å². The molecule has 158 valence electrons. The Morgan fingerprint density at radius 3 is 2.70 bits per heavy atom. The molecule has 3 aliphatic heterocycles. The molecule has 3 heterocycles. The molecule has 3 aliphatic rings. The second-order valence-corrected chi connectivity index (χ2v) is 10.4. The topological polar surface area (TPSA) is 32.8 Å². The summed E-state index contributed by atoms with van der Waals surface area (Å²) in [5.74, 6) is 0.290. The molecule has 6 heteroatoms. The monoisotopic (exact) mass is 444 g/mol. The predicted molar refractivity (Wildman–Crippen MR) is 122 cm³/mol. The standard InChI is InChI=1S/C24H26Cl2N2O2/c1-24(2,3)30-23(29)27-8-7-21-19(13-27)18-11-15(10-14-6-9-28(21)22(14)18)17-12-16(25)4-5-20(17)26/h4-5,10-12,19,21H,6-9,13H2,1-3H3/t19-,21+/m0/s1. The summed E-state index contributed by atoms with van der Waals surface area (Å²) >= 11 is 12.8. The number of likely N-dealkylation sites (tertiary alicyclic amines) is 1. The smallest absolute Gasteiger partial charge is 0.410 e. The fourth-order valence-electron chi connectivity index (χ4n) is 5.21. The molecule has 0 aliphatic carbocycles. The van der Waals surface area contributed by atoms with Crippen LogP contribution in [0.25, 0.3) is 11.1 Å². The zero-order valence-corrected chi connectivity index (χ0v) is 19.1. The van der Waals surface area contributed by atoms with Crippen LogP contribution >= 0.6 is 23.2 Å². The molecule has 0 bridgehead atoms. The SMILES string of the molecule is CC(C)(C)OC(=O)N1CC[C@@H]2[C@@H](C1)c1cc(-c3cc(Cl)ccc3Cl)cc3c1N2CC3. The molecule has 0 spiro atoms. The van der Waals surface area contributed by atoms with Gasteiger partial charge in [-0.15, -0.1) is 0 Å². The van der Waals surface area contributed by atoms with Crippen LogP contribution in [0.1, 0.15) is 44.2 Å². The van der Waals surface area contributed by atoms with E-state index >= 15 is 0 Å². The van der Waals surface area contributed by atoms with Crippen LogP contribution in [0.3, 0.4) is 0 Å². The molecule has 1 amide bonds. The number of carbonyl (C=O) groups is 1. The summed E-state index contributed by atoms with van der Waals surface area (Å²) < 4.78 is 5.64. The molecule has 4 nitrogen and oxygen atoms in total.